The molecule has 2 rings (SSSR count). The molecule has 22 heavy (non-hydrogen) atoms. The highest BCUT2D eigenvalue weighted by atomic mass is 16.2. The maximum atomic E-state index is 12.0. The summed E-state index contributed by atoms with van der Waals surface area (Å²) in [5.74, 6) is 0.0945. The maximum absolute atomic E-state index is 12.0. The number of rotatable bonds is 4. The predicted octanol–water partition coefficient (Wildman–Crippen LogP) is 0.912. The van der Waals surface area contributed by atoms with E-state index in [0.717, 1.165) is 0 Å². The Kier molecular flexibility index (Phi) is 4.55. The van der Waals surface area contributed by atoms with Gasteiger partial charge in [-0.25, -0.2) is 9.97 Å². The lowest BCUT2D eigenvalue weighted by molar-refractivity contribution is -0.121. The lowest BCUT2D eigenvalue weighted by Gasteiger charge is -2.20. The Labute approximate surface area is 128 Å². The highest BCUT2D eigenvalue weighted by molar-refractivity contribution is 5.96. The van der Waals surface area contributed by atoms with Gasteiger partial charge in [0, 0.05) is 24.1 Å². The van der Waals surface area contributed by atoms with E-state index < -0.39 is 0 Å². The van der Waals surface area contributed by atoms with Crippen molar-refractivity contribution in [1.82, 2.24) is 25.2 Å². The van der Waals surface area contributed by atoms with Crippen molar-refractivity contribution < 1.29 is 9.59 Å². The molecule has 0 aliphatic carbocycles. The van der Waals surface area contributed by atoms with Crippen LogP contribution >= 0.6 is 0 Å². The third-order valence-corrected chi connectivity index (χ3v) is 2.70. The number of carbonyl (C=O) groups is 2. The van der Waals surface area contributed by atoms with Crippen molar-refractivity contribution in [2.45, 2.75) is 26.3 Å². The standard InChI is InChI=1S/C15H19N5O2/c1-15(2,3)19-13(21)9-18-14(22)11-4-5-12(17-8-11)20-7-6-16-10-20/h4-8,10H,9H2,1-3H3,(H,18,22)(H,19,21). The second-order valence-electron chi connectivity index (χ2n) is 5.86. The van der Waals surface area contributed by atoms with E-state index >= 15 is 0 Å². The Morgan fingerprint density at radius 3 is 2.59 bits per heavy atom. The van der Waals surface area contributed by atoms with Crippen molar-refractivity contribution in [2.75, 3.05) is 6.54 Å². The minimum atomic E-state index is -0.339. The number of carbonyl (C=O) groups excluding carboxylic acids is 2. The second kappa shape index (κ2) is 6.38. The average molecular weight is 301 g/mol. The summed E-state index contributed by atoms with van der Waals surface area (Å²) in [5.41, 5.74) is 0.0722. The molecule has 0 saturated heterocycles. The van der Waals surface area contributed by atoms with Gasteiger partial charge in [-0.1, -0.05) is 0 Å². The molecule has 0 radical (unpaired) electrons. The van der Waals surface area contributed by atoms with Crippen LogP contribution in [0, 0.1) is 0 Å². The molecule has 0 saturated carbocycles. The number of imidazole rings is 1. The molecule has 0 aliphatic rings. The number of nitrogens with one attached hydrogen (secondary N) is 2. The van der Waals surface area contributed by atoms with Crippen LogP contribution in [0.25, 0.3) is 5.82 Å². The first-order valence-electron chi connectivity index (χ1n) is 6.89. The lowest BCUT2D eigenvalue weighted by Crippen LogP contribution is -2.45. The normalized spacial score (nSPS) is 11.0. The van der Waals surface area contributed by atoms with Gasteiger partial charge < -0.3 is 10.6 Å². The molecule has 7 heteroatoms. The molecule has 0 aromatic carbocycles. The van der Waals surface area contributed by atoms with Gasteiger partial charge in [-0.3, -0.25) is 14.2 Å². The summed E-state index contributed by atoms with van der Waals surface area (Å²) in [4.78, 5) is 31.7. The molecule has 2 aromatic heterocycles. The molecule has 0 unspecified atom stereocenters. The van der Waals surface area contributed by atoms with Crippen molar-refractivity contribution in [3.05, 3.63) is 42.6 Å². The molecular weight excluding hydrogens is 282 g/mol. The molecule has 0 bridgehead atoms. The van der Waals surface area contributed by atoms with Crippen molar-refractivity contribution in [3.8, 4) is 5.82 Å². The van der Waals surface area contributed by atoms with Gasteiger partial charge in [-0.2, -0.15) is 0 Å². The first kappa shape index (κ1) is 15.7. The fourth-order valence-corrected chi connectivity index (χ4v) is 1.79. The second-order valence-corrected chi connectivity index (χ2v) is 5.86. The first-order chi connectivity index (χ1) is 10.3. The van der Waals surface area contributed by atoms with Crippen LogP contribution in [-0.2, 0) is 4.79 Å². The summed E-state index contributed by atoms with van der Waals surface area (Å²) in [6.45, 7) is 5.57. The van der Waals surface area contributed by atoms with Crippen LogP contribution in [0.1, 0.15) is 31.1 Å². The molecule has 0 fully saturated rings. The van der Waals surface area contributed by atoms with Crippen molar-refractivity contribution in [3.63, 3.8) is 0 Å². The fraction of sp³-hybridized carbons (Fsp3) is 0.333. The van der Waals surface area contributed by atoms with Gasteiger partial charge in [0.05, 0.1) is 12.1 Å². The molecule has 7 nitrogen and oxygen atoms in total. The largest absolute Gasteiger partial charge is 0.350 e. The zero-order chi connectivity index (χ0) is 16.2. The summed E-state index contributed by atoms with van der Waals surface area (Å²) >= 11 is 0. The zero-order valence-corrected chi connectivity index (χ0v) is 12.8. The van der Waals surface area contributed by atoms with Gasteiger partial charge >= 0.3 is 0 Å². The molecule has 2 N–H and O–H groups in total. The minimum absolute atomic E-state index is 0.0701. The van der Waals surface area contributed by atoms with E-state index in [-0.39, 0.29) is 23.9 Å². The highest BCUT2D eigenvalue weighted by Gasteiger charge is 2.14. The van der Waals surface area contributed by atoms with Crippen LogP contribution in [-0.4, -0.2) is 38.4 Å². The Hall–Kier alpha value is -2.70. The number of amides is 2. The van der Waals surface area contributed by atoms with Crippen LogP contribution in [0.5, 0.6) is 0 Å². The molecule has 0 aliphatic heterocycles. The molecule has 0 spiro atoms. The number of pyridine rings is 1. The van der Waals surface area contributed by atoms with E-state index in [4.69, 9.17) is 0 Å². The van der Waals surface area contributed by atoms with Crippen LogP contribution in [0.15, 0.2) is 37.1 Å². The number of hydrogen-bond acceptors (Lipinski definition) is 4. The maximum Gasteiger partial charge on any atom is 0.253 e. The smallest absolute Gasteiger partial charge is 0.253 e. The van der Waals surface area contributed by atoms with Gasteiger partial charge in [-0.05, 0) is 32.9 Å². The van der Waals surface area contributed by atoms with Crippen molar-refractivity contribution in [1.29, 1.82) is 0 Å². The van der Waals surface area contributed by atoms with Crippen LogP contribution < -0.4 is 10.6 Å². The van der Waals surface area contributed by atoms with Crippen molar-refractivity contribution >= 4 is 11.8 Å². The Morgan fingerprint density at radius 2 is 2.05 bits per heavy atom. The number of aromatic nitrogens is 3. The summed E-state index contributed by atoms with van der Waals surface area (Å²) in [6.07, 6.45) is 6.50. The molecule has 2 heterocycles. The molecule has 2 amide bonds. The van der Waals surface area contributed by atoms with Gasteiger partial charge in [-0.15, -0.1) is 0 Å². The first-order valence-corrected chi connectivity index (χ1v) is 6.89. The third kappa shape index (κ3) is 4.41. The van der Waals surface area contributed by atoms with E-state index in [9.17, 15) is 9.59 Å². The summed E-state index contributed by atoms with van der Waals surface area (Å²) in [6, 6.07) is 3.37. The minimum Gasteiger partial charge on any atom is -0.350 e. The average Bonchev–Trinajstić information content (AvgIpc) is 2.97. The molecule has 0 atom stereocenters. The summed E-state index contributed by atoms with van der Waals surface area (Å²) in [5, 5.41) is 5.34. The van der Waals surface area contributed by atoms with Gasteiger partial charge in [0.2, 0.25) is 5.91 Å². The Morgan fingerprint density at radius 1 is 1.27 bits per heavy atom. The van der Waals surface area contributed by atoms with Crippen LogP contribution in [0.2, 0.25) is 0 Å². The van der Waals surface area contributed by atoms with E-state index in [2.05, 4.69) is 20.6 Å². The van der Waals surface area contributed by atoms with Gasteiger partial charge in [0.15, 0.2) is 0 Å². The van der Waals surface area contributed by atoms with E-state index in [1.165, 1.54) is 6.20 Å². The summed E-state index contributed by atoms with van der Waals surface area (Å²) in [7, 11) is 0. The number of hydrogen-bond donors (Lipinski definition) is 2. The van der Waals surface area contributed by atoms with Crippen LogP contribution in [0.3, 0.4) is 0 Å². The topological polar surface area (TPSA) is 88.9 Å². The Bertz CT molecular complexity index is 642. The van der Waals surface area contributed by atoms with Gasteiger partial charge in [0.1, 0.15) is 12.1 Å². The highest BCUT2D eigenvalue weighted by Crippen LogP contribution is 2.05. The molecule has 116 valence electrons. The van der Waals surface area contributed by atoms with Crippen LogP contribution in [0.4, 0.5) is 0 Å². The fourth-order valence-electron chi connectivity index (χ4n) is 1.79. The quantitative estimate of drug-likeness (QED) is 0.878. The Balaban J connectivity index is 1.92. The van der Waals surface area contributed by atoms with E-state index in [1.807, 2.05) is 20.8 Å². The lowest BCUT2D eigenvalue weighted by atomic mass is 10.1. The van der Waals surface area contributed by atoms with Crippen molar-refractivity contribution in [2.24, 2.45) is 0 Å². The van der Waals surface area contributed by atoms with Gasteiger partial charge in [0.25, 0.3) is 5.91 Å². The molecule has 2 aromatic rings. The van der Waals surface area contributed by atoms with E-state index in [0.29, 0.717) is 11.4 Å². The zero-order valence-electron chi connectivity index (χ0n) is 12.8. The monoisotopic (exact) mass is 301 g/mol. The SMILES string of the molecule is CC(C)(C)NC(=O)CNC(=O)c1ccc(-n2ccnc2)nc1. The number of nitrogens with zero attached hydrogens (tertiary/aromatic N) is 3. The van der Waals surface area contributed by atoms with E-state index in [1.54, 1.807) is 35.4 Å². The molecular formula is C15H19N5O2. The third-order valence-electron chi connectivity index (χ3n) is 2.70. The summed E-state index contributed by atoms with van der Waals surface area (Å²) < 4.78 is 1.73. The predicted molar refractivity (Wildman–Crippen MR) is 81.6 cm³/mol.